The maximum Gasteiger partial charge on any atom is 0.134 e. The number of rotatable bonds is 2. The molecule has 2 nitrogen and oxygen atoms in total. The van der Waals surface area contributed by atoms with Crippen LogP contribution in [0.25, 0.3) is 10.8 Å². The molecule has 0 saturated heterocycles. The topological polar surface area (TPSA) is 35.2 Å². The van der Waals surface area contributed by atoms with Gasteiger partial charge in [-0.1, -0.05) is 12.1 Å². The molecule has 0 unspecified atom stereocenters. The average Bonchev–Trinajstić information content (AvgIpc) is 2.27. The minimum Gasteiger partial charge on any atom is -0.496 e. The Kier molecular flexibility index (Phi) is 2.56. The molecule has 2 aromatic carbocycles. The van der Waals surface area contributed by atoms with Crippen molar-refractivity contribution in [2.24, 2.45) is 5.73 Å². The summed E-state index contributed by atoms with van der Waals surface area (Å²) in [6, 6.07) is 8.59. The van der Waals surface area contributed by atoms with Crippen molar-refractivity contribution in [1.82, 2.24) is 0 Å². The first-order valence-electron chi connectivity index (χ1n) is 4.71. The van der Waals surface area contributed by atoms with Gasteiger partial charge in [0.2, 0.25) is 0 Å². The van der Waals surface area contributed by atoms with E-state index in [0.29, 0.717) is 17.7 Å². The molecule has 0 aliphatic carbocycles. The molecule has 0 fully saturated rings. The van der Waals surface area contributed by atoms with E-state index in [1.54, 1.807) is 12.1 Å². The largest absolute Gasteiger partial charge is 0.496 e. The van der Waals surface area contributed by atoms with E-state index in [4.69, 9.17) is 10.5 Å². The molecule has 0 heterocycles. The Morgan fingerprint density at radius 1 is 1.33 bits per heavy atom. The van der Waals surface area contributed by atoms with E-state index < -0.39 is 0 Å². The van der Waals surface area contributed by atoms with E-state index in [1.165, 1.54) is 13.2 Å². The zero-order valence-electron chi connectivity index (χ0n) is 8.46. The van der Waals surface area contributed by atoms with Crippen molar-refractivity contribution in [3.8, 4) is 5.75 Å². The molecule has 0 aliphatic rings. The molecular weight excluding hydrogens is 193 g/mol. The first kappa shape index (κ1) is 9.93. The normalized spacial score (nSPS) is 10.6. The molecular formula is C12H12FNO. The highest BCUT2D eigenvalue weighted by Crippen LogP contribution is 2.29. The van der Waals surface area contributed by atoms with Gasteiger partial charge in [0.05, 0.1) is 12.5 Å². The second kappa shape index (κ2) is 3.87. The predicted molar refractivity (Wildman–Crippen MR) is 58.3 cm³/mol. The van der Waals surface area contributed by atoms with Gasteiger partial charge in [0.25, 0.3) is 0 Å². The van der Waals surface area contributed by atoms with Crippen molar-refractivity contribution in [3.05, 3.63) is 41.7 Å². The van der Waals surface area contributed by atoms with Gasteiger partial charge in [0, 0.05) is 6.54 Å². The van der Waals surface area contributed by atoms with Crippen LogP contribution < -0.4 is 10.5 Å². The Hall–Kier alpha value is -1.61. The lowest BCUT2D eigenvalue weighted by molar-refractivity contribution is 0.417. The number of benzene rings is 2. The second-order valence-electron chi connectivity index (χ2n) is 3.34. The van der Waals surface area contributed by atoms with Crippen molar-refractivity contribution in [2.45, 2.75) is 6.54 Å². The third-order valence-electron chi connectivity index (χ3n) is 2.41. The fourth-order valence-corrected chi connectivity index (χ4v) is 1.68. The van der Waals surface area contributed by atoms with Crippen LogP contribution in [0.15, 0.2) is 30.3 Å². The van der Waals surface area contributed by atoms with Gasteiger partial charge in [-0.25, -0.2) is 4.39 Å². The molecule has 0 aromatic heterocycles. The van der Waals surface area contributed by atoms with E-state index in [2.05, 4.69) is 0 Å². The summed E-state index contributed by atoms with van der Waals surface area (Å²) in [5, 5.41) is 1.33. The number of nitrogens with two attached hydrogens (primary N) is 1. The van der Waals surface area contributed by atoms with Crippen molar-refractivity contribution in [3.63, 3.8) is 0 Å². The van der Waals surface area contributed by atoms with Crippen LogP contribution in [0.1, 0.15) is 5.56 Å². The highest BCUT2D eigenvalue weighted by atomic mass is 19.1. The van der Waals surface area contributed by atoms with Gasteiger partial charge in [-0.2, -0.15) is 0 Å². The average molecular weight is 205 g/mol. The Balaban J connectivity index is 2.81. The van der Waals surface area contributed by atoms with Crippen LogP contribution in [0.4, 0.5) is 4.39 Å². The van der Waals surface area contributed by atoms with E-state index in [-0.39, 0.29) is 5.82 Å². The monoisotopic (exact) mass is 205 g/mol. The minimum atomic E-state index is -0.270. The summed E-state index contributed by atoms with van der Waals surface area (Å²) in [5.74, 6) is 0.263. The molecule has 0 atom stereocenters. The van der Waals surface area contributed by atoms with Gasteiger partial charge < -0.3 is 10.5 Å². The minimum absolute atomic E-state index is 0.270. The van der Waals surface area contributed by atoms with Crippen LogP contribution >= 0.6 is 0 Å². The third kappa shape index (κ3) is 1.66. The number of methoxy groups -OCH3 is 1. The highest BCUT2D eigenvalue weighted by Gasteiger charge is 2.08. The summed E-state index contributed by atoms with van der Waals surface area (Å²) in [6.07, 6.45) is 0. The number of hydrogen-bond donors (Lipinski definition) is 1. The number of fused-ring (bicyclic) bond motifs is 1. The standard InChI is InChI=1S/C12H12FNO/c1-15-11-6-8(7-14)5-9-3-2-4-10(13)12(9)11/h2-6H,7,14H2,1H3. The molecule has 0 radical (unpaired) electrons. The molecule has 2 rings (SSSR count). The highest BCUT2D eigenvalue weighted by molar-refractivity contribution is 5.89. The van der Waals surface area contributed by atoms with Gasteiger partial charge in [-0.15, -0.1) is 0 Å². The lowest BCUT2D eigenvalue weighted by Crippen LogP contribution is -1.98. The van der Waals surface area contributed by atoms with Gasteiger partial charge in [-0.05, 0) is 29.1 Å². The Bertz CT molecular complexity index is 496. The molecule has 15 heavy (non-hydrogen) atoms. The van der Waals surface area contributed by atoms with Crippen LogP contribution in [0, 0.1) is 5.82 Å². The van der Waals surface area contributed by atoms with Crippen LogP contribution in [-0.2, 0) is 6.54 Å². The fraction of sp³-hybridized carbons (Fsp3) is 0.167. The van der Waals surface area contributed by atoms with Crippen molar-refractivity contribution >= 4 is 10.8 Å². The summed E-state index contributed by atoms with van der Waals surface area (Å²) in [7, 11) is 1.53. The predicted octanol–water partition coefficient (Wildman–Crippen LogP) is 2.45. The molecule has 0 aliphatic heterocycles. The molecule has 0 saturated carbocycles. The van der Waals surface area contributed by atoms with Crippen LogP contribution in [0.2, 0.25) is 0 Å². The Morgan fingerprint density at radius 3 is 2.80 bits per heavy atom. The summed E-state index contributed by atoms with van der Waals surface area (Å²) < 4.78 is 18.7. The van der Waals surface area contributed by atoms with Gasteiger partial charge in [0.1, 0.15) is 11.6 Å². The lowest BCUT2D eigenvalue weighted by Gasteiger charge is -2.08. The SMILES string of the molecule is COc1cc(CN)cc2cccc(F)c12. The molecule has 0 amide bonds. The van der Waals surface area contributed by atoms with Crippen LogP contribution in [0.3, 0.4) is 0 Å². The maximum absolute atomic E-state index is 13.6. The van der Waals surface area contributed by atoms with Gasteiger partial charge >= 0.3 is 0 Å². The van der Waals surface area contributed by atoms with E-state index in [9.17, 15) is 4.39 Å². The van der Waals surface area contributed by atoms with Crippen molar-refractivity contribution in [2.75, 3.05) is 7.11 Å². The number of hydrogen-bond acceptors (Lipinski definition) is 2. The van der Waals surface area contributed by atoms with E-state index in [1.807, 2.05) is 12.1 Å². The maximum atomic E-state index is 13.6. The van der Waals surface area contributed by atoms with E-state index >= 15 is 0 Å². The van der Waals surface area contributed by atoms with Crippen LogP contribution in [-0.4, -0.2) is 7.11 Å². The lowest BCUT2D eigenvalue weighted by atomic mass is 10.1. The Labute approximate surface area is 87.5 Å². The smallest absolute Gasteiger partial charge is 0.134 e. The van der Waals surface area contributed by atoms with Crippen molar-refractivity contribution in [1.29, 1.82) is 0 Å². The molecule has 2 aromatic rings. The molecule has 2 N–H and O–H groups in total. The van der Waals surface area contributed by atoms with Crippen molar-refractivity contribution < 1.29 is 9.13 Å². The molecule has 78 valence electrons. The third-order valence-corrected chi connectivity index (χ3v) is 2.41. The van der Waals surface area contributed by atoms with Crippen LogP contribution in [0.5, 0.6) is 5.75 Å². The summed E-state index contributed by atoms with van der Waals surface area (Å²) in [6.45, 7) is 0.419. The van der Waals surface area contributed by atoms with Gasteiger partial charge in [-0.3, -0.25) is 0 Å². The molecule has 3 heteroatoms. The first-order valence-corrected chi connectivity index (χ1v) is 4.71. The summed E-state index contributed by atoms with van der Waals surface area (Å²) in [5.41, 5.74) is 6.49. The molecule has 0 spiro atoms. The van der Waals surface area contributed by atoms with E-state index in [0.717, 1.165) is 10.9 Å². The number of halogens is 1. The van der Waals surface area contributed by atoms with Gasteiger partial charge in [0.15, 0.2) is 0 Å². The first-order chi connectivity index (χ1) is 7.26. The quantitative estimate of drug-likeness (QED) is 0.817. The zero-order chi connectivity index (χ0) is 10.8. The zero-order valence-corrected chi connectivity index (χ0v) is 8.46. The Morgan fingerprint density at radius 2 is 2.13 bits per heavy atom. The molecule has 0 bridgehead atoms. The summed E-state index contributed by atoms with van der Waals surface area (Å²) in [4.78, 5) is 0. The second-order valence-corrected chi connectivity index (χ2v) is 3.34. The number of ether oxygens (including phenoxy) is 1. The summed E-state index contributed by atoms with van der Waals surface area (Å²) >= 11 is 0. The fourth-order valence-electron chi connectivity index (χ4n) is 1.68.